The minimum Gasteiger partial charge on any atom is -0.481 e. The van der Waals surface area contributed by atoms with Gasteiger partial charge in [-0.2, -0.15) is 13.5 Å². The summed E-state index contributed by atoms with van der Waals surface area (Å²) in [4.78, 5) is 31.6. The molecular formula is C11H17NO8S. The molecule has 1 aliphatic carbocycles. The van der Waals surface area contributed by atoms with Crippen LogP contribution in [0.1, 0.15) is 38.5 Å². The van der Waals surface area contributed by atoms with E-state index in [1.165, 1.54) is 6.42 Å². The molecule has 9 nitrogen and oxygen atoms in total. The number of nitrogens with zero attached hydrogens (tertiary/aromatic N) is 1. The fourth-order valence-corrected chi connectivity index (χ4v) is 2.88. The van der Waals surface area contributed by atoms with Crippen molar-refractivity contribution in [2.75, 3.05) is 0 Å². The largest absolute Gasteiger partial charge is 0.481 e. The highest BCUT2D eigenvalue weighted by Gasteiger charge is 2.45. The van der Waals surface area contributed by atoms with Crippen molar-refractivity contribution in [1.82, 2.24) is 5.06 Å². The maximum atomic E-state index is 10.7. The number of carbonyl (C=O) groups excluding carboxylic acids is 2. The summed E-state index contributed by atoms with van der Waals surface area (Å²) in [5.74, 6) is -2.99. The maximum Gasteiger partial charge on any atom is 0.306 e. The number of amides is 2. The van der Waals surface area contributed by atoms with Gasteiger partial charge in [0.15, 0.2) is 5.25 Å². The topological polar surface area (TPSA) is 149 Å². The molecule has 120 valence electrons. The third-order valence-corrected chi connectivity index (χ3v) is 4.48. The van der Waals surface area contributed by atoms with E-state index in [0.717, 1.165) is 25.7 Å². The molecule has 1 heterocycles. The van der Waals surface area contributed by atoms with Crippen molar-refractivity contribution >= 4 is 27.9 Å². The molecule has 1 aliphatic heterocycles. The van der Waals surface area contributed by atoms with Crippen molar-refractivity contribution in [3.8, 4) is 0 Å². The van der Waals surface area contributed by atoms with Gasteiger partial charge in [-0.25, -0.2) is 0 Å². The van der Waals surface area contributed by atoms with Crippen LogP contribution in [0.3, 0.4) is 0 Å². The highest BCUT2D eigenvalue weighted by atomic mass is 32.2. The van der Waals surface area contributed by atoms with Crippen LogP contribution in [-0.2, 0) is 24.5 Å². The molecular weight excluding hydrogens is 306 g/mol. The Hall–Kier alpha value is -1.52. The van der Waals surface area contributed by atoms with Crippen LogP contribution in [0.25, 0.3) is 0 Å². The van der Waals surface area contributed by atoms with Crippen molar-refractivity contribution in [3.63, 3.8) is 0 Å². The van der Waals surface area contributed by atoms with Crippen LogP contribution in [0.4, 0.5) is 0 Å². The van der Waals surface area contributed by atoms with Crippen molar-refractivity contribution in [2.45, 2.75) is 43.8 Å². The Kier molecular flexibility index (Phi) is 5.81. The van der Waals surface area contributed by atoms with E-state index in [4.69, 9.17) is 14.9 Å². The predicted octanol–water partition coefficient (Wildman–Crippen LogP) is 0.0422. The summed E-state index contributed by atoms with van der Waals surface area (Å²) >= 11 is 0. The molecule has 2 amide bonds. The number of hydroxylamine groups is 2. The third kappa shape index (κ3) is 4.76. The van der Waals surface area contributed by atoms with Crippen LogP contribution in [-0.4, -0.2) is 51.4 Å². The second kappa shape index (κ2) is 6.96. The number of rotatable bonds is 2. The second-order valence-electron chi connectivity index (χ2n) is 4.92. The van der Waals surface area contributed by atoms with E-state index >= 15 is 0 Å². The van der Waals surface area contributed by atoms with Gasteiger partial charge < -0.3 is 5.11 Å². The molecule has 0 aromatic rings. The summed E-state index contributed by atoms with van der Waals surface area (Å²) in [6.45, 7) is 0. The number of carboxylic acids is 1. The summed E-state index contributed by atoms with van der Waals surface area (Å²) < 4.78 is 29.1. The molecule has 0 bridgehead atoms. The molecule has 21 heavy (non-hydrogen) atoms. The number of carboxylic acid groups (broad SMARTS) is 1. The summed E-state index contributed by atoms with van der Waals surface area (Å²) in [6, 6.07) is 0. The van der Waals surface area contributed by atoms with E-state index in [1.807, 2.05) is 0 Å². The molecule has 10 heteroatoms. The van der Waals surface area contributed by atoms with E-state index < -0.39 is 39.6 Å². The summed E-state index contributed by atoms with van der Waals surface area (Å²) in [6.07, 6.45) is 4.52. The molecule has 0 aromatic carbocycles. The smallest absolute Gasteiger partial charge is 0.306 e. The van der Waals surface area contributed by atoms with Crippen LogP contribution in [0.15, 0.2) is 0 Å². The molecule has 1 saturated heterocycles. The average molecular weight is 323 g/mol. The van der Waals surface area contributed by atoms with Gasteiger partial charge in [0.2, 0.25) is 0 Å². The summed E-state index contributed by atoms with van der Waals surface area (Å²) in [7, 11) is -4.59. The zero-order valence-corrected chi connectivity index (χ0v) is 12.0. The Morgan fingerprint density at radius 2 is 1.67 bits per heavy atom. The number of imide groups is 1. The van der Waals surface area contributed by atoms with Gasteiger partial charge in [-0.15, -0.1) is 0 Å². The SMILES string of the molecule is O=C(O)C1CCCCC1.O=C1CC(S(=O)(=O)O)C(=O)N1O. The van der Waals surface area contributed by atoms with Gasteiger partial charge in [-0.05, 0) is 12.8 Å². The summed E-state index contributed by atoms with van der Waals surface area (Å²) in [5.41, 5.74) is 0. The van der Waals surface area contributed by atoms with Gasteiger partial charge in [-0.1, -0.05) is 19.3 Å². The Bertz CT molecular complexity index is 522. The lowest BCUT2D eigenvalue weighted by molar-refractivity contribution is -0.171. The second-order valence-corrected chi connectivity index (χ2v) is 6.52. The highest BCUT2D eigenvalue weighted by molar-refractivity contribution is 7.87. The molecule has 2 fully saturated rings. The van der Waals surface area contributed by atoms with E-state index in [2.05, 4.69) is 0 Å². The van der Waals surface area contributed by atoms with Gasteiger partial charge in [0.25, 0.3) is 21.9 Å². The van der Waals surface area contributed by atoms with Crippen LogP contribution in [0, 0.1) is 5.92 Å². The van der Waals surface area contributed by atoms with Crippen molar-refractivity contribution in [2.24, 2.45) is 5.92 Å². The fourth-order valence-electron chi connectivity index (χ4n) is 2.17. The van der Waals surface area contributed by atoms with E-state index in [-0.39, 0.29) is 11.0 Å². The number of hydrogen-bond donors (Lipinski definition) is 3. The van der Waals surface area contributed by atoms with Gasteiger partial charge in [0.05, 0.1) is 12.3 Å². The monoisotopic (exact) mass is 323 g/mol. The maximum absolute atomic E-state index is 10.7. The summed E-state index contributed by atoms with van der Waals surface area (Å²) in [5, 5.41) is 14.9. The van der Waals surface area contributed by atoms with Crippen molar-refractivity contribution in [3.05, 3.63) is 0 Å². The van der Waals surface area contributed by atoms with Crippen LogP contribution < -0.4 is 0 Å². The Morgan fingerprint density at radius 3 is 1.90 bits per heavy atom. The van der Waals surface area contributed by atoms with Crippen LogP contribution in [0.2, 0.25) is 0 Å². The fraction of sp³-hybridized carbons (Fsp3) is 0.727. The lowest BCUT2D eigenvalue weighted by Crippen LogP contribution is -2.32. The molecule has 0 radical (unpaired) electrons. The number of hydrogen-bond acceptors (Lipinski definition) is 6. The normalized spacial score (nSPS) is 23.7. The lowest BCUT2D eigenvalue weighted by Gasteiger charge is -2.16. The highest BCUT2D eigenvalue weighted by Crippen LogP contribution is 2.23. The van der Waals surface area contributed by atoms with Crippen LogP contribution in [0.5, 0.6) is 0 Å². The van der Waals surface area contributed by atoms with Crippen molar-refractivity contribution < 1.29 is 37.7 Å². The van der Waals surface area contributed by atoms with Gasteiger partial charge in [0, 0.05) is 0 Å². The molecule has 0 aromatic heterocycles. The zero-order chi connectivity index (χ0) is 16.2. The molecule has 1 unspecified atom stereocenters. The molecule has 2 aliphatic rings. The first-order valence-electron chi connectivity index (χ1n) is 6.39. The first kappa shape index (κ1) is 17.5. The van der Waals surface area contributed by atoms with Gasteiger partial charge in [-0.3, -0.25) is 24.1 Å². The molecule has 3 N–H and O–H groups in total. The van der Waals surface area contributed by atoms with E-state index in [9.17, 15) is 22.8 Å². The Morgan fingerprint density at radius 1 is 1.14 bits per heavy atom. The standard InChI is InChI=1S/C7H12O2.C4H5NO6S/c8-7(9)6-4-2-1-3-5-6;6-3-1-2(12(9,10)11)4(7)5(3)8/h6H,1-5H2,(H,8,9);2,8H,1H2,(H,9,10,11). The molecule has 2 rings (SSSR count). The number of aliphatic carboxylic acids is 1. The first-order chi connectivity index (χ1) is 9.64. The Balaban J connectivity index is 0.000000219. The average Bonchev–Trinajstić information content (AvgIpc) is 2.68. The molecule has 1 atom stereocenters. The van der Waals surface area contributed by atoms with Crippen molar-refractivity contribution in [1.29, 1.82) is 0 Å². The quantitative estimate of drug-likeness (QED) is 0.366. The van der Waals surface area contributed by atoms with Gasteiger partial charge >= 0.3 is 5.97 Å². The number of carbonyl (C=O) groups is 3. The molecule has 0 spiro atoms. The van der Waals surface area contributed by atoms with Crippen LogP contribution >= 0.6 is 0 Å². The predicted molar refractivity (Wildman–Crippen MR) is 67.8 cm³/mol. The minimum absolute atomic E-state index is 0.0289. The minimum atomic E-state index is -4.59. The lowest BCUT2D eigenvalue weighted by atomic mass is 9.90. The Labute approximate surface area is 121 Å². The third-order valence-electron chi connectivity index (χ3n) is 3.39. The van der Waals surface area contributed by atoms with E-state index in [1.54, 1.807) is 0 Å². The first-order valence-corrected chi connectivity index (χ1v) is 7.89. The molecule has 1 saturated carbocycles. The van der Waals surface area contributed by atoms with Gasteiger partial charge in [0.1, 0.15) is 0 Å². The van der Waals surface area contributed by atoms with E-state index in [0.29, 0.717) is 0 Å². The zero-order valence-electron chi connectivity index (χ0n) is 11.1.